The summed E-state index contributed by atoms with van der Waals surface area (Å²) in [6.45, 7) is 0. The molecule has 1 amide bonds. The van der Waals surface area contributed by atoms with Crippen LogP contribution in [0.15, 0.2) is 59.8 Å². The molecule has 5 nitrogen and oxygen atoms in total. The molecule has 0 saturated carbocycles. The number of rotatable bonds is 5. The number of imidazole rings is 1. The van der Waals surface area contributed by atoms with Crippen LogP contribution < -0.4 is 5.32 Å². The molecular weight excluding hydrogens is 388 g/mol. The van der Waals surface area contributed by atoms with Crippen LogP contribution in [0.25, 0.3) is 5.65 Å². The van der Waals surface area contributed by atoms with E-state index in [4.69, 9.17) is 0 Å². The molecule has 0 fully saturated rings. The Balaban J connectivity index is 1.21. The van der Waals surface area contributed by atoms with E-state index in [0.717, 1.165) is 40.5 Å². The Hall–Kier alpha value is -2.64. The molecule has 0 bridgehead atoms. The lowest BCUT2D eigenvalue weighted by Gasteiger charge is -2.04. The largest absolute Gasteiger partial charge is 0.307 e. The number of aryl methyl sites for hydroxylation is 2. The van der Waals surface area contributed by atoms with Crippen molar-refractivity contribution in [3.05, 3.63) is 76.7 Å². The summed E-state index contributed by atoms with van der Waals surface area (Å²) in [4.78, 5) is 24.0. The van der Waals surface area contributed by atoms with Crippen LogP contribution in [0.4, 0.5) is 5.13 Å². The number of thioether (sulfide) groups is 1. The van der Waals surface area contributed by atoms with Crippen LogP contribution in [0, 0.1) is 0 Å². The second-order valence-electron chi connectivity index (χ2n) is 6.71. The molecule has 0 radical (unpaired) electrons. The Kier molecular flexibility index (Phi) is 4.62. The number of carbonyl (C=O) groups excluding carboxylic acids is 1. The molecule has 3 heterocycles. The van der Waals surface area contributed by atoms with Gasteiger partial charge in [-0.2, -0.15) is 0 Å². The van der Waals surface area contributed by atoms with Gasteiger partial charge in [0, 0.05) is 33.5 Å². The van der Waals surface area contributed by atoms with Gasteiger partial charge in [0.15, 0.2) is 5.13 Å². The summed E-state index contributed by atoms with van der Waals surface area (Å²) in [5.41, 5.74) is 3.79. The monoisotopic (exact) mass is 406 g/mol. The molecule has 0 spiro atoms. The van der Waals surface area contributed by atoms with Gasteiger partial charge < -0.3 is 4.40 Å². The molecule has 1 aliphatic rings. The van der Waals surface area contributed by atoms with Crippen LogP contribution in [0.2, 0.25) is 0 Å². The number of fused-ring (bicyclic) bond motifs is 2. The molecule has 1 N–H and O–H groups in total. The Labute approximate surface area is 170 Å². The highest BCUT2D eigenvalue weighted by Crippen LogP contribution is 2.30. The van der Waals surface area contributed by atoms with E-state index in [-0.39, 0.29) is 5.91 Å². The first kappa shape index (κ1) is 17.5. The lowest BCUT2D eigenvalue weighted by molar-refractivity contribution is 0.102. The number of carbonyl (C=O) groups is 1. The molecule has 140 valence electrons. The number of hydrogen-bond donors (Lipinski definition) is 1. The number of amides is 1. The lowest BCUT2D eigenvalue weighted by Crippen LogP contribution is -2.11. The fourth-order valence-corrected chi connectivity index (χ4v) is 5.16. The van der Waals surface area contributed by atoms with Crippen molar-refractivity contribution < 1.29 is 4.79 Å². The number of nitrogens with one attached hydrogen (secondary N) is 1. The maximum Gasteiger partial charge on any atom is 0.257 e. The minimum absolute atomic E-state index is 0.107. The third-order valence-electron chi connectivity index (χ3n) is 4.73. The van der Waals surface area contributed by atoms with Gasteiger partial charge in [-0.15, -0.1) is 23.1 Å². The van der Waals surface area contributed by atoms with Gasteiger partial charge in [-0.25, -0.2) is 9.97 Å². The maximum absolute atomic E-state index is 12.5. The first-order chi connectivity index (χ1) is 13.7. The second kappa shape index (κ2) is 7.41. The van der Waals surface area contributed by atoms with E-state index < -0.39 is 0 Å². The quantitative estimate of drug-likeness (QED) is 0.483. The molecule has 0 saturated heterocycles. The number of anilines is 1. The van der Waals surface area contributed by atoms with Crippen molar-refractivity contribution in [1.82, 2.24) is 14.4 Å². The van der Waals surface area contributed by atoms with Gasteiger partial charge in [-0.3, -0.25) is 10.1 Å². The molecule has 7 heteroatoms. The first-order valence-electron chi connectivity index (χ1n) is 9.20. The van der Waals surface area contributed by atoms with Gasteiger partial charge >= 0.3 is 0 Å². The highest BCUT2D eigenvalue weighted by atomic mass is 32.2. The molecule has 0 atom stereocenters. The summed E-state index contributed by atoms with van der Waals surface area (Å²) in [6, 6.07) is 13.7. The van der Waals surface area contributed by atoms with Crippen LogP contribution in [0.3, 0.4) is 0 Å². The number of hydrogen-bond acceptors (Lipinski definition) is 5. The first-order valence-corrected chi connectivity index (χ1v) is 11.0. The van der Waals surface area contributed by atoms with Crippen molar-refractivity contribution in [3.63, 3.8) is 0 Å². The van der Waals surface area contributed by atoms with Gasteiger partial charge in [0.25, 0.3) is 5.91 Å². The zero-order chi connectivity index (χ0) is 18.9. The highest BCUT2D eigenvalue weighted by Gasteiger charge is 2.18. The van der Waals surface area contributed by atoms with Crippen LogP contribution in [0.5, 0.6) is 0 Å². The number of nitrogens with zero attached hydrogens (tertiary/aromatic N) is 3. The molecule has 1 aromatic carbocycles. The molecule has 0 aliphatic heterocycles. The van der Waals surface area contributed by atoms with E-state index in [1.165, 1.54) is 11.3 Å². The number of thiazole rings is 1. The molecule has 4 aromatic rings. The Morgan fingerprint density at radius 1 is 1.14 bits per heavy atom. The molecule has 5 rings (SSSR count). The zero-order valence-electron chi connectivity index (χ0n) is 15.1. The van der Waals surface area contributed by atoms with E-state index in [1.807, 2.05) is 53.1 Å². The van der Waals surface area contributed by atoms with Crippen molar-refractivity contribution in [2.75, 3.05) is 5.32 Å². The average Bonchev–Trinajstić information content (AvgIpc) is 3.40. The van der Waals surface area contributed by atoms with Crippen molar-refractivity contribution in [2.45, 2.75) is 29.9 Å². The zero-order valence-corrected chi connectivity index (χ0v) is 16.7. The summed E-state index contributed by atoms with van der Waals surface area (Å²) in [7, 11) is 0. The number of pyridine rings is 1. The smallest absolute Gasteiger partial charge is 0.257 e. The highest BCUT2D eigenvalue weighted by molar-refractivity contribution is 7.98. The summed E-state index contributed by atoms with van der Waals surface area (Å²) in [5.74, 6) is 0.682. The molecule has 28 heavy (non-hydrogen) atoms. The third-order valence-corrected chi connectivity index (χ3v) is 6.85. The summed E-state index contributed by atoms with van der Waals surface area (Å²) >= 11 is 3.31. The summed E-state index contributed by atoms with van der Waals surface area (Å²) < 4.78 is 2.03. The molecule has 3 aromatic heterocycles. The van der Waals surface area contributed by atoms with Crippen molar-refractivity contribution in [2.24, 2.45) is 0 Å². The normalized spacial score (nSPS) is 13.0. The van der Waals surface area contributed by atoms with E-state index >= 15 is 0 Å². The predicted octanol–water partition coefficient (Wildman–Crippen LogP) is 4.82. The fourth-order valence-electron chi connectivity index (χ4n) is 3.33. The van der Waals surface area contributed by atoms with Crippen LogP contribution in [-0.2, 0) is 18.6 Å². The molecular formula is C21H18N4OS2. The average molecular weight is 407 g/mol. The third kappa shape index (κ3) is 3.55. The van der Waals surface area contributed by atoms with Gasteiger partial charge in [0.2, 0.25) is 0 Å². The molecule has 0 unspecified atom stereocenters. The van der Waals surface area contributed by atoms with Crippen LogP contribution >= 0.6 is 23.1 Å². The van der Waals surface area contributed by atoms with Crippen LogP contribution in [0.1, 0.15) is 33.0 Å². The van der Waals surface area contributed by atoms with Crippen LogP contribution in [-0.4, -0.2) is 20.3 Å². The van der Waals surface area contributed by atoms with Gasteiger partial charge in [-0.05, 0) is 55.7 Å². The molecule has 1 aliphatic carbocycles. The lowest BCUT2D eigenvalue weighted by atomic mass is 10.2. The SMILES string of the molecule is O=C(Nc1nc2c(s1)CCC2)c1ccc(SCc2cn3ccccc3n2)cc1. The summed E-state index contributed by atoms with van der Waals surface area (Å²) in [6.07, 6.45) is 7.34. The van der Waals surface area contributed by atoms with Gasteiger partial charge in [-0.1, -0.05) is 6.07 Å². The topological polar surface area (TPSA) is 59.3 Å². The second-order valence-corrected chi connectivity index (χ2v) is 8.84. The predicted molar refractivity (Wildman–Crippen MR) is 113 cm³/mol. The van der Waals surface area contributed by atoms with E-state index in [9.17, 15) is 4.79 Å². The standard InChI is InChI=1S/C21H18N4OS2/c26-20(24-21-23-17-4-3-5-18(17)28-21)14-7-9-16(10-8-14)27-13-15-12-25-11-2-1-6-19(25)22-15/h1-2,6-12H,3-5,13H2,(H,23,24,26). The van der Waals surface area contributed by atoms with Gasteiger partial charge in [0.1, 0.15) is 5.65 Å². The van der Waals surface area contributed by atoms with E-state index in [2.05, 4.69) is 21.5 Å². The van der Waals surface area contributed by atoms with E-state index in [0.29, 0.717) is 10.7 Å². The van der Waals surface area contributed by atoms with Crippen molar-refractivity contribution in [3.8, 4) is 0 Å². The fraction of sp³-hybridized carbons (Fsp3) is 0.190. The number of benzene rings is 1. The summed E-state index contributed by atoms with van der Waals surface area (Å²) in [5, 5.41) is 3.64. The van der Waals surface area contributed by atoms with Crippen molar-refractivity contribution in [1.29, 1.82) is 0 Å². The maximum atomic E-state index is 12.5. The minimum atomic E-state index is -0.107. The van der Waals surface area contributed by atoms with Gasteiger partial charge in [0.05, 0.1) is 11.4 Å². The Morgan fingerprint density at radius 3 is 2.86 bits per heavy atom. The van der Waals surface area contributed by atoms with E-state index in [1.54, 1.807) is 23.1 Å². The Morgan fingerprint density at radius 2 is 2.04 bits per heavy atom. The Bertz CT molecular complexity index is 1090. The number of aromatic nitrogens is 3. The van der Waals surface area contributed by atoms with Crippen molar-refractivity contribution >= 4 is 39.8 Å². The minimum Gasteiger partial charge on any atom is -0.307 e.